The van der Waals surface area contributed by atoms with E-state index in [4.69, 9.17) is 29.4 Å². The highest BCUT2D eigenvalue weighted by atomic mass is 32.1. The maximum atomic E-state index is 11.9. The van der Waals surface area contributed by atoms with E-state index < -0.39 is 23.7 Å². The number of nitrogens with two attached hydrogens (primary N) is 1. The van der Waals surface area contributed by atoms with Crippen LogP contribution in [0.2, 0.25) is 0 Å². The molecular formula is C34H54N6O7S. The zero-order valence-electron chi connectivity index (χ0n) is 29.0. The number of thiophene rings is 1. The number of hydrogen-bond donors (Lipinski definition) is 2. The normalized spacial score (nSPS) is 22.8. The van der Waals surface area contributed by atoms with Gasteiger partial charge in [-0.15, -0.1) is 11.3 Å². The van der Waals surface area contributed by atoms with Crippen molar-refractivity contribution in [1.82, 2.24) is 25.1 Å². The van der Waals surface area contributed by atoms with Crippen molar-refractivity contribution in [1.29, 1.82) is 0 Å². The maximum absolute atomic E-state index is 11.9. The van der Waals surface area contributed by atoms with Crippen LogP contribution in [0, 0.1) is 0 Å². The minimum absolute atomic E-state index is 0.135. The smallest absolute Gasteiger partial charge is 0.407 e. The summed E-state index contributed by atoms with van der Waals surface area (Å²) in [7, 11) is 1.54. The standard InChI is InChI=1S/C34H54N6O7S/c1-34(2,3)47-33(42)36-11-17-44-19-20-45-18-16-39-12-14-40(15-13-39)24-6-8-25(9-7-24)46-31-29-28-23(21-26(43-4)30(35)41)5-10-27(28)48-32(29)38-22-37-31/h22-26H,5-21H2,1-4H3,(H2,35,41)(H,36,42)/t23-,24-,25-,26+/m1/s1. The van der Waals surface area contributed by atoms with Gasteiger partial charge in [-0.2, -0.15) is 0 Å². The largest absolute Gasteiger partial charge is 0.474 e. The van der Waals surface area contributed by atoms with Gasteiger partial charge >= 0.3 is 6.09 Å². The number of nitrogens with zero attached hydrogens (tertiary/aromatic N) is 4. The lowest BCUT2D eigenvalue weighted by Gasteiger charge is -2.41. The third-order valence-corrected chi connectivity index (χ3v) is 10.7. The van der Waals surface area contributed by atoms with Gasteiger partial charge in [0, 0.05) is 57.3 Å². The molecule has 3 aliphatic rings. The van der Waals surface area contributed by atoms with Gasteiger partial charge in [0.05, 0.1) is 31.8 Å². The third kappa shape index (κ3) is 10.2. The van der Waals surface area contributed by atoms with E-state index >= 15 is 0 Å². The van der Waals surface area contributed by atoms with Crippen LogP contribution in [0.15, 0.2) is 6.33 Å². The molecule has 3 N–H and O–H groups in total. The zero-order chi connectivity index (χ0) is 34.1. The van der Waals surface area contributed by atoms with E-state index in [9.17, 15) is 9.59 Å². The topological polar surface area (TPSA) is 151 Å². The second-order valence-electron chi connectivity index (χ2n) is 14.0. The van der Waals surface area contributed by atoms with Crippen molar-refractivity contribution >= 4 is 33.6 Å². The lowest BCUT2D eigenvalue weighted by Crippen LogP contribution is -2.52. The highest BCUT2D eigenvalue weighted by molar-refractivity contribution is 7.19. The summed E-state index contributed by atoms with van der Waals surface area (Å²) in [6.07, 6.45) is 7.47. The molecule has 268 valence electrons. The minimum atomic E-state index is -0.603. The van der Waals surface area contributed by atoms with Crippen molar-refractivity contribution in [3.8, 4) is 5.88 Å². The molecule has 48 heavy (non-hydrogen) atoms. The van der Waals surface area contributed by atoms with E-state index in [-0.39, 0.29) is 12.0 Å². The first-order chi connectivity index (χ1) is 23.1. The Morgan fingerprint density at radius 3 is 2.44 bits per heavy atom. The molecule has 0 aromatic carbocycles. The summed E-state index contributed by atoms with van der Waals surface area (Å²) in [6.45, 7) is 13.2. The van der Waals surface area contributed by atoms with Crippen molar-refractivity contribution in [2.45, 2.75) is 95.5 Å². The molecule has 1 saturated heterocycles. The number of carbonyl (C=O) groups excluding carboxylic acids is 2. The molecule has 0 bridgehead atoms. The van der Waals surface area contributed by atoms with Gasteiger partial charge in [0.1, 0.15) is 29.0 Å². The van der Waals surface area contributed by atoms with E-state index in [2.05, 4.69) is 25.1 Å². The van der Waals surface area contributed by atoms with Gasteiger partial charge in [-0.25, -0.2) is 14.8 Å². The van der Waals surface area contributed by atoms with E-state index in [1.807, 2.05) is 20.8 Å². The number of rotatable bonds is 16. The van der Waals surface area contributed by atoms with Gasteiger partial charge in [0.15, 0.2) is 0 Å². The van der Waals surface area contributed by atoms with Gasteiger partial charge in [0.25, 0.3) is 0 Å². The summed E-state index contributed by atoms with van der Waals surface area (Å²) in [4.78, 5) is 40.1. The van der Waals surface area contributed by atoms with Crippen LogP contribution in [-0.2, 0) is 30.2 Å². The number of primary amides is 1. The molecule has 0 spiro atoms. The van der Waals surface area contributed by atoms with Crippen molar-refractivity contribution in [3.05, 3.63) is 16.8 Å². The molecule has 2 aromatic heterocycles. The van der Waals surface area contributed by atoms with Crippen LogP contribution in [0.5, 0.6) is 5.88 Å². The van der Waals surface area contributed by atoms with Crippen LogP contribution >= 0.6 is 11.3 Å². The fourth-order valence-electron chi connectivity index (χ4n) is 7.05. The van der Waals surface area contributed by atoms with Crippen LogP contribution in [0.4, 0.5) is 4.79 Å². The average molecular weight is 691 g/mol. The molecule has 13 nitrogen and oxygen atoms in total. The SMILES string of the molecule is CO[C@@H](C[C@H]1CCc2sc3ncnc(O[C@H]4CC[C@H](N5CCN(CCOCCOCCNC(=O)OC(C)(C)C)CC5)CC4)c3c21)C(N)=O. The molecule has 14 heteroatoms. The fourth-order valence-corrected chi connectivity index (χ4v) is 8.28. The predicted molar refractivity (Wildman–Crippen MR) is 184 cm³/mol. The second-order valence-corrected chi connectivity index (χ2v) is 15.1. The number of nitrogens with one attached hydrogen (secondary N) is 1. The molecule has 2 atom stereocenters. The number of aromatic nitrogens is 2. The molecule has 2 fully saturated rings. The highest BCUT2D eigenvalue weighted by Crippen LogP contribution is 2.48. The summed E-state index contributed by atoms with van der Waals surface area (Å²) >= 11 is 1.71. The Balaban J connectivity index is 0.974. The number of methoxy groups -OCH3 is 1. The Kier molecular flexibility index (Phi) is 13.2. The number of piperazine rings is 1. The lowest BCUT2D eigenvalue weighted by atomic mass is 9.91. The first kappa shape index (κ1) is 36.7. The molecule has 1 saturated carbocycles. The first-order valence-electron chi connectivity index (χ1n) is 17.4. The third-order valence-electron chi connectivity index (χ3n) is 9.48. The highest BCUT2D eigenvalue weighted by Gasteiger charge is 2.34. The Bertz CT molecular complexity index is 1340. The lowest BCUT2D eigenvalue weighted by molar-refractivity contribution is -0.128. The Hall–Kier alpha value is -2.62. The monoisotopic (exact) mass is 690 g/mol. The fraction of sp³-hybridized carbons (Fsp3) is 0.765. The summed E-state index contributed by atoms with van der Waals surface area (Å²) in [6, 6.07) is 0.588. The molecule has 3 heterocycles. The van der Waals surface area contributed by atoms with Crippen molar-refractivity contribution in [2.24, 2.45) is 5.73 Å². The molecular weight excluding hydrogens is 636 g/mol. The van der Waals surface area contributed by atoms with Crippen molar-refractivity contribution < 1.29 is 33.3 Å². The summed E-state index contributed by atoms with van der Waals surface area (Å²) in [5.74, 6) is 0.436. The molecule has 1 aliphatic heterocycles. The first-order valence-corrected chi connectivity index (χ1v) is 18.3. The van der Waals surface area contributed by atoms with E-state index in [1.54, 1.807) is 24.8 Å². The van der Waals surface area contributed by atoms with Crippen LogP contribution in [0.1, 0.15) is 75.7 Å². The number of fused-ring (bicyclic) bond motifs is 3. The van der Waals surface area contributed by atoms with Crippen LogP contribution in [0.25, 0.3) is 10.2 Å². The molecule has 2 amide bonds. The quantitative estimate of drug-likeness (QED) is 0.249. The molecule has 0 radical (unpaired) electrons. The van der Waals surface area contributed by atoms with Gasteiger partial charge in [-0.3, -0.25) is 14.6 Å². The molecule has 2 aromatic rings. The van der Waals surface area contributed by atoms with E-state index in [0.29, 0.717) is 51.3 Å². The van der Waals surface area contributed by atoms with Gasteiger partial charge in [0.2, 0.25) is 11.8 Å². The Morgan fingerprint density at radius 2 is 1.75 bits per heavy atom. The van der Waals surface area contributed by atoms with E-state index in [0.717, 1.165) is 81.5 Å². The summed E-state index contributed by atoms with van der Waals surface area (Å²) < 4.78 is 28.5. The average Bonchev–Trinajstić information content (AvgIpc) is 3.62. The number of amides is 2. The van der Waals surface area contributed by atoms with Gasteiger partial charge < -0.3 is 34.7 Å². The van der Waals surface area contributed by atoms with Gasteiger partial charge in [-0.1, -0.05) is 0 Å². The second kappa shape index (κ2) is 17.3. The molecule has 5 rings (SSSR count). The Morgan fingerprint density at radius 1 is 1.02 bits per heavy atom. The van der Waals surface area contributed by atoms with Gasteiger partial charge in [-0.05, 0) is 77.2 Å². The van der Waals surface area contributed by atoms with E-state index in [1.165, 1.54) is 10.4 Å². The predicted octanol–water partition coefficient (Wildman–Crippen LogP) is 3.48. The van der Waals surface area contributed by atoms with Crippen LogP contribution in [0.3, 0.4) is 0 Å². The van der Waals surface area contributed by atoms with Crippen molar-refractivity contribution in [2.75, 3.05) is 72.8 Å². The maximum Gasteiger partial charge on any atom is 0.407 e. The summed E-state index contributed by atoms with van der Waals surface area (Å²) in [5.41, 5.74) is 6.31. The van der Waals surface area contributed by atoms with Crippen LogP contribution in [-0.4, -0.2) is 128 Å². The number of aryl methyl sites for hydroxylation is 1. The minimum Gasteiger partial charge on any atom is -0.474 e. The summed E-state index contributed by atoms with van der Waals surface area (Å²) in [5, 5.41) is 3.70. The molecule has 0 unspecified atom stereocenters. The number of alkyl carbamates (subject to hydrolysis) is 1. The number of carbonyl (C=O) groups is 2. The number of ether oxygens (including phenoxy) is 5. The Labute approximate surface area is 288 Å². The van der Waals surface area contributed by atoms with Crippen molar-refractivity contribution in [3.63, 3.8) is 0 Å². The zero-order valence-corrected chi connectivity index (χ0v) is 29.9. The number of hydrogen-bond acceptors (Lipinski definition) is 12. The van der Waals surface area contributed by atoms with Crippen LogP contribution < -0.4 is 15.8 Å². The molecule has 2 aliphatic carbocycles.